The van der Waals surface area contributed by atoms with E-state index in [9.17, 15) is 4.39 Å². The van der Waals surface area contributed by atoms with Crippen LogP contribution in [-0.4, -0.2) is 9.55 Å². The number of hydrogen-bond donors (Lipinski definition) is 0. The Hall–Kier alpha value is -2.42. The van der Waals surface area contributed by atoms with Crippen LogP contribution in [0.5, 0.6) is 0 Å². The molecule has 0 radical (unpaired) electrons. The SMILES string of the molecule is Cc1cccc([C@H](C)c2nccn2Cc2cccc(F)c2)c1C. The van der Waals surface area contributed by atoms with Gasteiger partial charge in [0.1, 0.15) is 11.6 Å². The van der Waals surface area contributed by atoms with Gasteiger partial charge in [-0.05, 0) is 48.2 Å². The third-order valence-corrected chi connectivity index (χ3v) is 4.49. The van der Waals surface area contributed by atoms with Crippen LogP contribution in [0, 0.1) is 19.7 Å². The number of hydrogen-bond acceptors (Lipinski definition) is 1. The van der Waals surface area contributed by atoms with Crippen molar-refractivity contribution in [3.05, 3.63) is 88.8 Å². The van der Waals surface area contributed by atoms with Crippen molar-refractivity contribution < 1.29 is 4.39 Å². The minimum Gasteiger partial charge on any atom is -0.330 e. The van der Waals surface area contributed by atoms with Crippen LogP contribution in [0.15, 0.2) is 54.9 Å². The Morgan fingerprint density at radius 3 is 2.70 bits per heavy atom. The Balaban J connectivity index is 1.92. The topological polar surface area (TPSA) is 17.8 Å². The van der Waals surface area contributed by atoms with Gasteiger partial charge in [0.15, 0.2) is 0 Å². The number of benzene rings is 2. The molecule has 3 rings (SSSR count). The molecule has 0 bridgehead atoms. The fourth-order valence-electron chi connectivity index (χ4n) is 3.05. The lowest BCUT2D eigenvalue weighted by atomic mass is 9.93. The van der Waals surface area contributed by atoms with Gasteiger partial charge in [0.25, 0.3) is 0 Å². The van der Waals surface area contributed by atoms with E-state index in [0.29, 0.717) is 6.54 Å². The summed E-state index contributed by atoms with van der Waals surface area (Å²) in [5.74, 6) is 0.994. The second kappa shape index (κ2) is 6.37. The summed E-state index contributed by atoms with van der Waals surface area (Å²) in [5.41, 5.74) is 4.83. The second-order valence-electron chi connectivity index (χ2n) is 6.05. The molecule has 2 aromatic carbocycles. The van der Waals surface area contributed by atoms with Gasteiger partial charge in [0.2, 0.25) is 0 Å². The molecular formula is C20H21FN2. The molecule has 3 aromatic rings. The highest BCUT2D eigenvalue weighted by molar-refractivity contribution is 5.38. The van der Waals surface area contributed by atoms with E-state index in [2.05, 4.69) is 48.5 Å². The molecule has 1 heterocycles. The van der Waals surface area contributed by atoms with Gasteiger partial charge < -0.3 is 4.57 Å². The molecule has 118 valence electrons. The Kier molecular flexibility index (Phi) is 4.28. The average molecular weight is 308 g/mol. The molecule has 1 atom stereocenters. The van der Waals surface area contributed by atoms with Crippen molar-refractivity contribution in [3.8, 4) is 0 Å². The van der Waals surface area contributed by atoms with Crippen molar-refractivity contribution in [3.63, 3.8) is 0 Å². The fraction of sp³-hybridized carbons (Fsp3) is 0.250. The molecule has 2 nitrogen and oxygen atoms in total. The lowest BCUT2D eigenvalue weighted by Crippen LogP contribution is -2.10. The third kappa shape index (κ3) is 3.19. The predicted molar refractivity (Wildman–Crippen MR) is 91.2 cm³/mol. The van der Waals surface area contributed by atoms with E-state index in [1.807, 2.05) is 18.5 Å². The van der Waals surface area contributed by atoms with Gasteiger partial charge in [-0.15, -0.1) is 0 Å². The highest BCUT2D eigenvalue weighted by atomic mass is 19.1. The maximum atomic E-state index is 13.4. The lowest BCUT2D eigenvalue weighted by Gasteiger charge is -2.18. The first-order chi connectivity index (χ1) is 11.1. The number of nitrogens with zero attached hydrogens (tertiary/aromatic N) is 2. The molecule has 0 saturated heterocycles. The van der Waals surface area contributed by atoms with Crippen LogP contribution in [0.3, 0.4) is 0 Å². The molecule has 0 saturated carbocycles. The molecule has 0 N–H and O–H groups in total. The van der Waals surface area contributed by atoms with Crippen LogP contribution in [-0.2, 0) is 6.54 Å². The van der Waals surface area contributed by atoms with Crippen LogP contribution in [0.1, 0.15) is 40.9 Å². The van der Waals surface area contributed by atoms with Crippen LogP contribution in [0.2, 0.25) is 0 Å². The minimum absolute atomic E-state index is 0.193. The van der Waals surface area contributed by atoms with Crippen LogP contribution in [0.4, 0.5) is 4.39 Å². The molecule has 0 amide bonds. The van der Waals surface area contributed by atoms with Gasteiger partial charge in [-0.25, -0.2) is 9.37 Å². The molecule has 0 aliphatic carbocycles. The van der Waals surface area contributed by atoms with Gasteiger partial charge in [-0.2, -0.15) is 0 Å². The lowest BCUT2D eigenvalue weighted by molar-refractivity contribution is 0.621. The first kappa shape index (κ1) is 15.5. The summed E-state index contributed by atoms with van der Waals surface area (Å²) < 4.78 is 15.5. The number of aromatic nitrogens is 2. The summed E-state index contributed by atoms with van der Waals surface area (Å²) in [6.45, 7) is 7.08. The zero-order chi connectivity index (χ0) is 16.4. The summed E-state index contributed by atoms with van der Waals surface area (Å²) >= 11 is 0. The van der Waals surface area contributed by atoms with Crippen LogP contribution >= 0.6 is 0 Å². The Labute approximate surface area is 136 Å². The van der Waals surface area contributed by atoms with Crippen LogP contribution < -0.4 is 0 Å². The van der Waals surface area contributed by atoms with Gasteiger partial charge >= 0.3 is 0 Å². The fourth-order valence-corrected chi connectivity index (χ4v) is 3.05. The Morgan fingerprint density at radius 1 is 1.13 bits per heavy atom. The van der Waals surface area contributed by atoms with Crippen molar-refractivity contribution in [1.82, 2.24) is 9.55 Å². The normalized spacial score (nSPS) is 12.3. The summed E-state index contributed by atoms with van der Waals surface area (Å²) in [4.78, 5) is 4.55. The quantitative estimate of drug-likeness (QED) is 0.674. The molecule has 0 spiro atoms. The average Bonchev–Trinajstić information content (AvgIpc) is 2.97. The standard InChI is InChI=1S/C20H21FN2/c1-14-6-4-9-19(15(14)2)16(3)20-22-10-11-23(20)13-17-7-5-8-18(21)12-17/h4-12,16H,13H2,1-3H3/t16-/m0/s1. The third-order valence-electron chi connectivity index (χ3n) is 4.49. The van der Waals surface area contributed by atoms with Gasteiger partial charge in [0, 0.05) is 24.9 Å². The van der Waals surface area contributed by atoms with E-state index in [1.54, 1.807) is 12.1 Å². The summed E-state index contributed by atoms with van der Waals surface area (Å²) in [7, 11) is 0. The molecule has 0 aliphatic heterocycles. The maximum absolute atomic E-state index is 13.4. The minimum atomic E-state index is -0.202. The molecule has 0 aliphatic rings. The monoisotopic (exact) mass is 308 g/mol. The van der Waals surface area contributed by atoms with Gasteiger partial charge in [-0.1, -0.05) is 37.3 Å². The van der Waals surface area contributed by atoms with E-state index in [4.69, 9.17) is 0 Å². The van der Waals surface area contributed by atoms with Crippen molar-refractivity contribution >= 4 is 0 Å². The maximum Gasteiger partial charge on any atom is 0.123 e. The van der Waals surface area contributed by atoms with Crippen molar-refractivity contribution in [1.29, 1.82) is 0 Å². The molecular weight excluding hydrogens is 287 g/mol. The summed E-state index contributed by atoms with van der Waals surface area (Å²) in [6.07, 6.45) is 3.78. The number of halogens is 1. The van der Waals surface area contributed by atoms with E-state index >= 15 is 0 Å². The first-order valence-corrected chi connectivity index (χ1v) is 7.88. The van der Waals surface area contributed by atoms with Crippen molar-refractivity contribution in [2.24, 2.45) is 0 Å². The van der Waals surface area contributed by atoms with Gasteiger partial charge in [0.05, 0.1) is 0 Å². The molecule has 1 aromatic heterocycles. The van der Waals surface area contributed by atoms with E-state index in [1.165, 1.54) is 22.8 Å². The van der Waals surface area contributed by atoms with Crippen molar-refractivity contribution in [2.45, 2.75) is 33.2 Å². The second-order valence-corrected chi connectivity index (χ2v) is 6.05. The van der Waals surface area contributed by atoms with E-state index < -0.39 is 0 Å². The molecule has 0 unspecified atom stereocenters. The van der Waals surface area contributed by atoms with Crippen molar-refractivity contribution in [2.75, 3.05) is 0 Å². The van der Waals surface area contributed by atoms with E-state index in [0.717, 1.165) is 11.4 Å². The zero-order valence-corrected chi connectivity index (χ0v) is 13.8. The number of aryl methyl sites for hydroxylation is 1. The van der Waals surface area contributed by atoms with Crippen LogP contribution in [0.25, 0.3) is 0 Å². The summed E-state index contributed by atoms with van der Waals surface area (Å²) in [6, 6.07) is 13.1. The molecule has 3 heteroatoms. The molecule has 0 fully saturated rings. The largest absolute Gasteiger partial charge is 0.330 e. The van der Waals surface area contributed by atoms with E-state index in [-0.39, 0.29) is 11.7 Å². The number of rotatable bonds is 4. The number of imidazole rings is 1. The summed E-state index contributed by atoms with van der Waals surface area (Å²) in [5, 5.41) is 0. The Bertz CT molecular complexity index is 820. The Morgan fingerprint density at radius 2 is 1.91 bits per heavy atom. The highest BCUT2D eigenvalue weighted by Crippen LogP contribution is 2.27. The molecule has 23 heavy (non-hydrogen) atoms. The zero-order valence-electron chi connectivity index (χ0n) is 13.8. The first-order valence-electron chi connectivity index (χ1n) is 7.88. The highest BCUT2D eigenvalue weighted by Gasteiger charge is 2.17. The smallest absolute Gasteiger partial charge is 0.123 e. The predicted octanol–water partition coefficient (Wildman–Crippen LogP) is 4.84. The van der Waals surface area contributed by atoms with Gasteiger partial charge in [-0.3, -0.25) is 0 Å².